The van der Waals surface area contributed by atoms with Gasteiger partial charge in [-0.15, -0.1) is 0 Å². The molecule has 1 fully saturated rings. The Bertz CT molecular complexity index is 355. The van der Waals surface area contributed by atoms with E-state index in [0.29, 0.717) is 5.54 Å². The van der Waals surface area contributed by atoms with Gasteiger partial charge < -0.3 is 5.32 Å². The fourth-order valence-electron chi connectivity index (χ4n) is 2.94. The van der Waals surface area contributed by atoms with E-state index in [1.807, 2.05) is 0 Å². The lowest BCUT2D eigenvalue weighted by atomic mass is 9.83. The summed E-state index contributed by atoms with van der Waals surface area (Å²) >= 11 is 0. The first-order valence-electron chi connectivity index (χ1n) is 6.91. The van der Waals surface area contributed by atoms with E-state index in [1.165, 1.54) is 48.8 Å². The van der Waals surface area contributed by atoms with Crippen LogP contribution in [0.1, 0.15) is 55.7 Å². The van der Waals surface area contributed by atoms with Crippen molar-refractivity contribution in [1.82, 2.24) is 5.32 Å². The van der Waals surface area contributed by atoms with Gasteiger partial charge in [-0.25, -0.2) is 0 Å². The van der Waals surface area contributed by atoms with Gasteiger partial charge in [0.15, 0.2) is 0 Å². The van der Waals surface area contributed by atoms with Crippen LogP contribution in [0.15, 0.2) is 18.2 Å². The first kappa shape index (κ1) is 12.6. The van der Waals surface area contributed by atoms with E-state index < -0.39 is 0 Å². The summed E-state index contributed by atoms with van der Waals surface area (Å²) in [5.74, 6) is 0. The second kappa shape index (κ2) is 5.22. The molecular formula is C16H25N. The highest BCUT2D eigenvalue weighted by Crippen LogP contribution is 2.28. The van der Waals surface area contributed by atoms with Crippen molar-refractivity contribution in [2.45, 2.75) is 65.0 Å². The zero-order chi connectivity index (χ0) is 12.3. The summed E-state index contributed by atoms with van der Waals surface area (Å²) in [7, 11) is 0. The molecule has 0 bridgehead atoms. The van der Waals surface area contributed by atoms with Crippen molar-refractivity contribution in [1.29, 1.82) is 0 Å². The maximum absolute atomic E-state index is 3.80. The van der Waals surface area contributed by atoms with E-state index in [-0.39, 0.29) is 0 Å². The zero-order valence-corrected chi connectivity index (χ0v) is 11.5. The highest BCUT2D eigenvalue weighted by Gasteiger charge is 2.25. The van der Waals surface area contributed by atoms with Crippen LogP contribution in [0.4, 0.5) is 0 Å². The molecule has 0 aromatic heterocycles. The van der Waals surface area contributed by atoms with Crippen molar-refractivity contribution in [3.05, 3.63) is 34.9 Å². The van der Waals surface area contributed by atoms with Crippen LogP contribution in [0.2, 0.25) is 0 Å². The molecule has 1 aromatic carbocycles. The lowest BCUT2D eigenvalue weighted by Gasteiger charge is -2.35. The van der Waals surface area contributed by atoms with Crippen molar-refractivity contribution in [2.24, 2.45) is 0 Å². The van der Waals surface area contributed by atoms with Gasteiger partial charge in [-0.05, 0) is 50.3 Å². The molecule has 0 spiro atoms. The Labute approximate surface area is 106 Å². The van der Waals surface area contributed by atoms with Crippen LogP contribution in [-0.2, 0) is 6.54 Å². The smallest absolute Gasteiger partial charge is 0.0215 e. The van der Waals surface area contributed by atoms with Gasteiger partial charge >= 0.3 is 0 Å². The maximum Gasteiger partial charge on any atom is 0.0215 e. The van der Waals surface area contributed by atoms with Crippen molar-refractivity contribution in [2.75, 3.05) is 0 Å². The minimum absolute atomic E-state index is 0.368. The molecule has 0 aliphatic heterocycles. The first-order valence-corrected chi connectivity index (χ1v) is 6.91. The second-order valence-corrected chi connectivity index (χ2v) is 5.85. The molecule has 0 radical (unpaired) electrons. The number of hydrogen-bond donors (Lipinski definition) is 1. The van der Waals surface area contributed by atoms with Crippen LogP contribution < -0.4 is 5.32 Å². The standard InChI is InChI=1S/C16H25N/c1-13-8-7-9-14(2)15(13)12-17-16(3)10-5-4-6-11-16/h7-9,17H,4-6,10-12H2,1-3H3. The van der Waals surface area contributed by atoms with Crippen molar-refractivity contribution < 1.29 is 0 Å². The third-order valence-electron chi connectivity index (χ3n) is 4.29. The second-order valence-electron chi connectivity index (χ2n) is 5.85. The third-order valence-corrected chi connectivity index (χ3v) is 4.29. The molecule has 1 N–H and O–H groups in total. The number of benzene rings is 1. The Kier molecular flexibility index (Phi) is 3.88. The Hall–Kier alpha value is -0.820. The number of aryl methyl sites for hydroxylation is 2. The van der Waals surface area contributed by atoms with Gasteiger partial charge in [0.1, 0.15) is 0 Å². The molecular weight excluding hydrogens is 206 g/mol. The SMILES string of the molecule is Cc1cccc(C)c1CNC1(C)CCCCC1. The number of nitrogens with one attached hydrogen (secondary N) is 1. The van der Waals surface area contributed by atoms with Crippen LogP contribution in [0.3, 0.4) is 0 Å². The van der Waals surface area contributed by atoms with Crippen molar-refractivity contribution >= 4 is 0 Å². The molecule has 0 unspecified atom stereocenters. The summed E-state index contributed by atoms with van der Waals surface area (Å²) in [5.41, 5.74) is 4.68. The Morgan fingerprint density at radius 2 is 1.65 bits per heavy atom. The summed E-state index contributed by atoms with van der Waals surface area (Å²) < 4.78 is 0. The molecule has 0 atom stereocenters. The van der Waals surface area contributed by atoms with Gasteiger partial charge in [-0.2, -0.15) is 0 Å². The highest BCUT2D eigenvalue weighted by molar-refractivity contribution is 5.33. The summed E-state index contributed by atoms with van der Waals surface area (Å²) in [6, 6.07) is 6.58. The van der Waals surface area contributed by atoms with Crippen LogP contribution in [0.25, 0.3) is 0 Å². The van der Waals surface area contributed by atoms with Gasteiger partial charge in [0, 0.05) is 12.1 Å². The minimum atomic E-state index is 0.368. The Morgan fingerprint density at radius 3 is 2.24 bits per heavy atom. The van der Waals surface area contributed by atoms with E-state index in [1.54, 1.807) is 0 Å². The van der Waals surface area contributed by atoms with Gasteiger partial charge in [-0.3, -0.25) is 0 Å². The summed E-state index contributed by atoms with van der Waals surface area (Å²) in [6.45, 7) is 7.84. The average Bonchev–Trinajstić information content (AvgIpc) is 2.29. The molecule has 1 nitrogen and oxygen atoms in total. The van der Waals surface area contributed by atoms with Crippen LogP contribution in [-0.4, -0.2) is 5.54 Å². The quantitative estimate of drug-likeness (QED) is 0.825. The van der Waals surface area contributed by atoms with Crippen LogP contribution in [0, 0.1) is 13.8 Å². The minimum Gasteiger partial charge on any atom is -0.307 e. The Balaban J connectivity index is 2.02. The van der Waals surface area contributed by atoms with E-state index in [0.717, 1.165) is 6.54 Å². The molecule has 1 saturated carbocycles. The largest absolute Gasteiger partial charge is 0.307 e. The monoisotopic (exact) mass is 231 g/mol. The molecule has 94 valence electrons. The van der Waals surface area contributed by atoms with Gasteiger partial charge in [0.25, 0.3) is 0 Å². The summed E-state index contributed by atoms with van der Waals surface area (Å²) in [6.07, 6.45) is 6.85. The zero-order valence-electron chi connectivity index (χ0n) is 11.5. The highest BCUT2D eigenvalue weighted by atomic mass is 15.0. The first-order chi connectivity index (χ1) is 8.11. The fraction of sp³-hybridized carbons (Fsp3) is 0.625. The number of hydrogen-bond acceptors (Lipinski definition) is 1. The normalized spacial score (nSPS) is 19.2. The molecule has 2 rings (SSSR count). The van der Waals surface area contributed by atoms with E-state index in [4.69, 9.17) is 0 Å². The average molecular weight is 231 g/mol. The molecule has 0 heterocycles. The lowest BCUT2D eigenvalue weighted by molar-refractivity contribution is 0.252. The summed E-state index contributed by atoms with van der Waals surface area (Å²) in [5, 5.41) is 3.80. The number of rotatable bonds is 3. The molecule has 17 heavy (non-hydrogen) atoms. The van der Waals surface area contributed by atoms with E-state index in [9.17, 15) is 0 Å². The third kappa shape index (κ3) is 3.10. The molecule has 1 heteroatoms. The van der Waals surface area contributed by atoms with Gasteiger partial charge in [0.2, 0.25) is 0 Å². The molecule has 1 aliphatic rings. The fourth-order valence-corrected chi connectivity index (χ4v) is 2.94. The maximum atomic E-state index is 3.80. The van der Waals surface area contributed by atoms with E-state index in [2.05, 4.69) is 44.3 Å². The summed E-state index contributed by atoms with van der Waals surface area (Å²) in [4.78, 5) is 0. The Morgan fingerprint density at radius 1 is 1.06 bits per heavy atom. The van der Waals surface area contributed by atoms with E-state index >= 15 is 0 Å². The van der Waals surface area contributed by atoms with Crippen molar-refractivity contribution in [3.8, 4) is 0 Å². The molecule has 0 amide bonds. The lowest BCUT2D eigenvalue weighted by Crippen LogP contribution is -2.43. The van der Waals surface area contributed by atoms with Gasteiger partial charge in [0.05, 0.1) is 0 Å². The molecule has 1 aliphatic carbocycles. The predicted octanol–water partition coefficient (Wildman–Crippen LogP) is 4.12. The molecule has 1 aromatic rings. The van der Waals surface area contributed by atoms with Gasteiger partial charge in [-0.1, -0.05) is 37.5 Å². The van der Waals surface area contributed by atoms with Crippen molar-refractivity contribution in [3.63, 3.8) is 0 Å². The van der Waals surface area contributed by atoms with Crippen LogP contribution >= 0.6 is 0 Å². The topological polar surface area (TPSA) is 12.0 Å². The van der Waals surface area contributed by atoms with Crippen LogP contribution in [0.5, 0.6) is 0 Å². The predicted molar refractivity (Wildman–Crippen MR) is 74.2 cm³/mol. The molecule has 0 saturated heterocycles.